The molecule has 0 unspecified atom stereocenters. The number of benzene rings is 2. The van der Waals surface area contributed by atoms with Crippen molar-refractivity contribution >= 4 is 40.8 Å². The van der Waals surface area contributed by atoms with Gasteiger partial charge in [0.1, 0.15) is 5.82 Å². The van der Waals surface area contributed by atoms with Gasteiger partial charge in [0.25, 0.3) is 5.91 Å². The Labute approximate surface area is 192 Å². The van der Waals surface area contributed by atoms with Crippen molar-refractivity contribution in [3.63, 3.8) is 0 Å². The standard InChI is InChI=1S/C23H19ClF3N3OS/c24-17-5-4-14(23(31)29-15-12-18(25)22(27)19(26)13-15)11-20(17)32-16-6-9-30(10-7-16)21-3-1-2-8-28-21/h1-5,8,11-13,16H,6-7,9-10H2,(H,29,31). The molecule has 1 amide bonds. The van der Waals surface area contributed by atoms with Crippen molar-refractivity contribution in [3.8, 4) is 0 Å². The predicted octanol–water partition coefficient (Wildman–Crippen LogP) is 6.17. The molecule has 4 rings (SSSR count). The molecule has 4 nitrogen and oxygen atoms in total. The van der Waals surface area contributed by atoms with Crippen LogP contribution in [-0.2, 0) is 0 Å². The van der Waals surface area contributed by atoms with Crippen molar-refractivity contribution in [2.45, 2.75) is 23.0 Å². The first kappa shape index (κ1) is 22.5. The molecule has 1 fully saturated rings. The van der Waals surface area contributed by atoms with Crippen LogP contribution in [0.15, 0.2) is 59.6 Å². The number of piperidine rings is 1. The van der Waals surface area contributed by atoms with Gasteiger partial charge in [0, 0.05) is 52.8 Å². The summed E-state index contributed by atoms with van der Waals surface area (Å²) in [7, 11) is 0. The van der Waals surface area contributed by atoms with Gasteiger partial charge in [-0.1, -0.05) is 17.7 Å². The maximum absolute atomic E-state index is 13.4. The molecule has 0 atom stereocenters. The van der Waals surface area contributed by atoms with Gasteiger partial charge >= 0.3 is 0 Å². The Morgan fingerprint density at radius 2 is 1.78 bits per heavy atom. The summed E-state index contributed by atoms with van der Waals surface area (Å²) in [4.78, 5) is 20.0. The number of anilines is 2. The quantitative estimate of drug-likeness (QED) is 0.447. The van der Waals surface area contributed by atoms with Crippen molar-refractivity contribution in [2.24, 2.45) is 0 Å². The number of thioether (sulfide) groups is 1. The third-order valence-electron chi connectivity index (χ3n) is 5.14. The first-order chi connectivity index (χ1) is 15.4. The summed E-state index contributed by atoms with van der Waals surface area (Å²) >= 11 is 7.95. The Balaban J connectivity index is 1.41. The number of hydrogen-bond donors (Lipinski definition) is 1. The fourth-order valence-corrected chi connectivity index (χ4v) is 4.92. The molecule has 2 aromatic carbocycles. The van der Waals surface area contributed by atoms with Crippen LogP contribution in [0.4, 0.5) is 24.7 Å². The van der Waals surface area contributed by atoms with Crippen LogP contribution in [0, 0.1) is 17.5 Å². The summed E-state index contributed by atoms with van der Waals surface area (Å²) in [6, 6.07) is 12.1. The van der Waals surface area contributed by atoms with E-state index in [1.165, 1.54) is 6.07 Å². The highest BCUT2D eigenvalue weighted by molar-refractivity contribution is 8.00. The molecule has 9 heteroatoms. The second-order valence-corrected chi connectivity index (χ2v) is 9.09. The number of halogens is 4. The third-order valence-corrected chi connectivity index (χ3v) is 6.98. The molecule has 1 aromatic heterocycles. The summed E-state index contributed by atoms with van der Waals surface area (Å²) in [5, 5.41) is 3.24. The Morgan fingerprint density at radius 3 is 2.44 bits per heavy atom. The highest BCUT2D eigenvalue weighted by atomic mass is 35.5. The van der Waals surface area contributed by atoms with Crippen molar-refractivity contribution in [1.29, 1.82) is 0 Å². The van der Waals surface area contributed by atoms with Gasteiger partial charge in [-0.15, -0.1) is 11.8 Å². The molecule has 0 spiro atoms. The fourth-order valence-electron chi connectivity index (χ4n) is 3.49. The normalized spacial score (nSPS) is 14.4. The van der Waals surface area contributed by atoms with Crippen LogP contribution < -0.4 is 10.2 Å². The summed E-state index contributed by atoms with van der Waals surface area (Å²) in [5.74, 6) is -3.93. The second kappa shape index (κ2) is 9.83. The third kappa shape index (κ3) is 5.19. The molecule has 1 aliphatic rings. The van der Waals surface area contributed by atoms with E-state index in [4.69, 9.17) is 11.6 Å². The van der Waals surface area contributed by atoms with E-state index in [1.54, 1.807) is 30.1 Å². The van der Waals surface area contributed by atoms with E-state index in [-0.39, 0.29) is 11.3 Å². The summed E-state index contributed by atoms with van der Waals surface area (Å²) in [6.07, 6.45) is 3.64. The predicted molar refractivity (Wildman–Crippen MR) is 121 cm³/mol. The first-order valence-corrected chi connectivity index (χ1v) is 11.2. The monoisotopic (exact) mass is 477 g/mol. The molecule has 0 bridgehead atoms. The van der Waals surface area contributed by atoms with Gasteiger partial charge < -0.3 is 10.2 Å². The number of aromatic nitrogens is 1. The number of nitrogens with zero attached hydrogens (tertiary/aromatic N) is 2. The van der Waals surface area contributed by atoms with Crippen LogP contribution in [-0.4, -0.2) is 29.2 Å². The lowest BCUT2D eigenvalue weighted by Gasteiger charge is -2.32. The van der Waals surface area contributed by atoms with Gasteiger partial charge in [0.15, 0.2) is 17.5 Å². The maximum atomic E-state index is 13.4. The average Bonchev–Trinajstić information content (AvgIpc) is 2.80. The van der Waals surface area contributed by atoms with Gasteiger partial charge in [0.05, 0.1) is 5.02 Å². The first-order valence-electron chi connectivity index (χ1n) is 9.99. The van der Waals surface area contributed by atoms with E-state index in [9.17, 15) is 18.0 Å². The molecule has 1 saturated heterocycles. The molecule has 0 radical (unpaired) electrons. The van der Waals surface area contributed by atoms with Gasteiger partial charge in [-0.3, -0.25) is 4.79 Å². The number of carbonyl (C=O) groups is 1. The molecule has 0 aliphatic carbocycles. The van der Waals surface area contributed by atoms with E-state index in [2.05, 4.69) is 15.2 Å². The Kier molecular flexibility index (Phi) is 6.91. The van der Waals surface area contributed by atoms with E-state index in [0.29, 0.717) is 10.3 Å². The smallest absolute Gasteiger partial charge is 0.255 e. The second-order valence-electron chi connectivity index (χ2n) is 7.35. The molecule has 1 aliphatic heterocycles. The Hall–Kier alpha value is -2.71. The molecule has 2 heterocycles. The SMILES string of the molecule is O=C(Nc1cc(F)c(F)c(F)c1)c1ccc(Cl)c(SC2CCN(c3ccccn3)CC2)c1. The lowest BCUT2D eigenvalue weighted by molar-refractivity contribution is 0.102. The van der Waals surface area contributed by atoms with Gasteiger partial charge in [-0.05, 0) is 43.2 Å². The van der Waals surface area contributed by atoms with Gasteiger partial charge in [-0.25, -0.2) is 18.2 Å². The van der Waals surface area contributed by atoms with Crippen LogP contribution in [0.1, 0.15) is 23.2 Å². The largest absolute Gasteiger partial charge is 0.357 e. The molecular formula is C23H19ClF3N3OS. The molecule has 32 heavy (non-hydrogen) atoms. The Bertz CT molecular complexity index is 1100. The number of nitrogens with one attached hydrogen (secondary N) is 1. The van der Waals surface area contributed by atoms with Crippen molar-refractivity contribution in [1.82, 2.24) is 4.98 Å². The highest BCUT2D eigenvalue weighted by Gasteiger charge is 2.22. The van der Waals surface area contributed by atoms with Crippen molar-refractivity contribution in [2.75, 3.05) is 23.3 Å². The number of amides is 1. The summed E-state index contributed by atoms with van der Waals surface area (Å²) < 4.78 is 39.9. The van der Waals surface area contributed by atoms with Crippen LogP contribution in [0.2, 0.25) is 5.02 Å². The van der Waals surface area contributed by atoms with E-state index in [0.717, 1.165) is 48.8 Å². The minimum Gasteiger partial charge on any atom is -0.357 e. The molecule has 166 valence electrons. The number of rotatable bonds is 5. The molecule has 3 aromatic rings. The molecular weight excluding hydrogens is 459 g/mol. The Morgan fingerprint density at radius 1 is 1.06 bits per heavy atom. The summed E-state index contributed by atoms with van der Waals surface area (Å²) in [6.45, 7) is 1.74. The zero-order valence-electron chi connectivity index (χ0n) is 16.8. The average molecular weight is 478 g/mol. The lowest BCUT2D eigenvalue weighted by atomic mass is 10.1. The van der Waals surface area contributed by atoms with E-state index in [1.807, 2.05) is 18.2 Å². The van der Waals surface area contributed by atoms with Crippen LogP contribution >= 0.6 is 23.4 Å². The van der Waals surface area contributed by atoms with E-state index >= 15 is 0 Å². The maximum Gasteiger partial charge on any atom is 0.255 e. The van der Waals surface area contributed by atoms with Gasteiger partial charge in [-0.2, -0.15) is 0 Å². The number of hydrogen-bond acceptors (Lipinski definition) is 4. The van der Waals surface area contributed by atoms with Crippen LogP contribution in [0.5, 0.6) is 0 Å². The molecule has 1 N–H and O–H groups in total. The highest BCUT2D eigenvalue weighted by Crippen LogP contribution is 2.36. The number of carbonyl (C=O) groups excluding carboxylic acids is 1. The fraction of sp³-hybridized carbons (Fsp3) is 0.217. The zero-order valence-corrected chi connectivity index (χ0v) is 18.4. The summed E-state index contributed by atoms with van der Waals surface area (Å²) in [5.41, 5.74) is 0.116. The topological polar surface area (TPSA) is 45.2 Å². The van der Waals surface area contributed by atoms with Crippen molar-refractivity contribution in [3.05, 3.63) is 82.8 Å². The zero-order chi connectivity index (χ0) is 22.7. The van der Waals surface area contributed by atoms with E-state index < -0.39 is 23.4 Å². The van der Waals surface area contributed by atoms with Crippen LogP contribution in [0.3, 0.4) is 0 Å². The minimum atomic E-state index is -1.58. The minimum absolute atomic E-state index is 0.169. The van der Waals surface area contributed by atoms with Gasteiger partial charge in [0.2, 0.25) is 0 Å². The molecule has 0 saturated carbocycles. The van der Waals surface area contributed by atoms with Crippen LogP contribution in [0.25, 0.3) is 0 Å². The van der Waals surface area contributed by atoms with Crippen molar-refractivity contribution < 1.29 is 18.0 Å². The lowest BCUT2D eigenvalue weighted by Crippen LogP contribution is -2.35. The number of pyridine rings is 1.